The van der Waals surface area contributed by atoms with Crippen LogP contribution in [0.1, 0.15) is 55.2 Å². The highest BCUT2D eigenvalue weighted by molar-refractivity contribution is 7.14. The fourth-order valence-electron chi connectivity index (χ4n) is 4.52. The van der Waals surface area contributed by atoms with Crippen molar-refractivity contribution in [3.8, 4) is 0 Å². The van der Waals surface area contributed by atoms with Crippen molar-refractivity contribution in [1.29, 1.82) is 0 Å². The Kier molecular flexibility index (Phi) is 9.81. The maximum atomic E-state index is 13.7. The normalized spacial score (nSPS) is 15.7. The number of rotatable bonds is 9. The molecule has 0 radical (unpaired) electrons. The lowest BCUT2D eigenvalue weighted by atomic mass is 9.93. The largest absolute Gasteiger partial charge is 0.445 e. The van der Waals surface area contributed by atoms with E-state index in [1.807, 2.05) is 50.0 Å². The molecule has 1 aliphatic rings. The maximum absolute atomic E-state index is 13.7. The minimum absolute atomic E-state index is 0.154. The Morgan fingerprint density at radius 3 is 2.70 bits per heavy atom. The second-order valence-corrected chi connectivity index (χ2v) is 12.5. The first-order valence-electron chi connectivity index (χ1n) is 14.0. The number of primary amides is 1. The molecule has 1 atom stereocenters. The molecule has 0 aliphatic carbocycles. The summed E-state index contributed by atoms with van der Waals surface area (Å²) in [6.07, 6.45) is 4.15. The summed E-state index contributed by atoms with van der Waals surface area (Å²) in [7, 11) is 3.81. The van der Waals surface area contributed by atoms with Crippen LogP contribution in [-0.2, 0) is 14.9 Å². The van der Waals surface area contributed by atoms with Gasteiger partial charge in [-0.2, -0.15) is 0 Å². The number of amides is 3. The number of carbonyl (C=O) groups is 3. The van der Waals surface area contributed by atoms with Crippen LogP contribution in [0.3, 0.4) is 0 Å². The zero-order valence-corrected chi connectivity index (χ0v) is 25.9. The third-order valence-electron chi connectivity index (χ3n) is 6.82. The Labute approximate surface area is 253 Å². The number of piperidine rings is 1. The summed E-state index contributed by atoms with van der Waals surface area (Å²) in [5.41, 5.74) is 6.27. The van der Waals surface area contributed by atoms with Crippen LogP contribution >= 0.6 is 11.3 Å². The lowest BCUT2D eigenvalue weighted by Gasteiger charge is -2.33. The highest BCUT2D eigenvalue weighted by atomic mass is 32.1. The Balaban J connectivity index is 1.68. The number of nitrogens with zero attached hydrogens (tertiary/aromatic N) is 5. The number of ether oxygens (including phenoxy) is 1. The van der Waals surface area contributed by atoms with Gasteiger partial charge in [0.05, 0.1) is 17.8 Å². The third-order valence-corrected chi connectivity index (χ3v) is 7.58. The Morgan fingerprint density at radius 1 is 1.26 bits per heavy atom. The van der Waals surface area contributed by atoms with Crippen molar-refractivity contribution in [3.63, 3.8) is 0 Å². The number of nitrogens with one attached hydrogen (secondary N) is 2. The molecule has 4 N–H and O–H groups in total. The summed E-state index contributed by atoms with van der Waals surface area (Å²) in [6, 6.07) is 3.06. The number of aromatic nitrogens is 3. The number of hydrogen-bond donors (Lipinski definition) is 3. The predicted octanol–water partition coefficient (Wildman–Crippen LogP) is 2.46. The number of anilines is 2. The van der Waals surface area contributed by atoms with Gasteiger partial charge in [0, 0.05) is 48.3 Å². The van der Waals surface area contributed by atoms with E-state index in [9.17, 15) is 19.2 Å². The molecule has 0 aromatic carbocycles. The highest BCUT2D eigenvalue weighted by Crippen LogP contribution is 2.27. The van der Waals surface area contributed by atoms with Crippen LogP contribution in [-0.4, -0.2) is 83.6 Å². The van der Waals surface area contributed by atoms with E-state index in [0.29, 0.717) is 49.0 Å². The van der Waals surface area contributed by atoms with Gasteiger partial charge in [0.25, 0.3) is 11.5 Å². The first-order valence-corrected chi connectivity index (χ1v) is 14.8. The van der Waals surface area contributed by atoms with E-state index in [0.717, 1.165) is 5.69 Å². The molecule has 43 heavy (non-hydrogen) atoms. The van der Waals surface area contributed by atoms with Crippen molar-refractivity contribution in [2.45, 2.75) is 45.1 Å². The van der Waals surface area contributed by atoms with E-state index in [-0.39, 0.29) is 35.0 Å². The number of fused-ring (bicyclic) bond motifs is 1. The molecule has 3 aromatic rings. The molecule has 4 heterocycles. The fourth-order valence-corrected chi connectivity index (χ4v) is 5.46. The van der Waals surface area contributed by atoms with Crippen LogP contribution in [0.2, 0.25) is 0 Å². The Hall–Kier alpha value is -4.30. The molecule has 1 aliphatic heterocycles. The summed E-state index contributed by atoms with van der Waals surface area (Å²) >= 11 is 1.34. The molecule has 3 amide bonds. The van der Waals surface area contributed by atoms with E-state index in [2.05, 4.69) is 15.6 Å². The average molecular weight is 611 g/mol. The minimum Gasteiger partial charge on any atom is -0.445 e. The number of pyridine rings is 1. The molecule has 1 saturated heterocycles. The summed E-state index contributed by atoms with van der Waals surface area (Å²) in [5.74, 6) is -0.429. The van der Waals surface area contributed by atoms with Gasteiger partial charge in [-0.15, -0.1) is 11.3 Å². The Morgan fingerprint density at radius 2 is 2.02 bits per heavy atom. The molecule has 1 fully saturated rings. The van der Waals surface area contributed by atoms with Crippen LogP contribution in [0.5, 0.6) is 0 Å². The lowest BCUT2D eigenvalue weighted by molar-refractivity contribution is -0.116. The smallest absolute Gasteiger partial charge is 0.404 e. The summed E-state index contributed by atoms with van der Waals surface area (Å²) in [6.45, 7) is 8.05. The SMILES string of the molecule is CN(C)CCNC(=O)/C=C/c1c(N2CCC[C@@H](OC(N)=O)C2)nc2cc(C(=O)Nc3nc(C(C)(C)C)cs3)ccn2c1=O. The number of carbonyl (C=O) groups excluding carboxylic acids is 3. The molecule has 3 aromatic heterocycles. The molecule has 0 unspecified atom stereocenters. The van der Waals surface area contributed by atoms with Gasteiger partial charge >= 0.3 is 6.09 Å². The molecule has 230 valence electrons. The Bertz CT molecular complexity index is 1590. The molecule has 0 bridgehead atoms. The topological polar surface area (TPSA) is 164 Å². The van der Waals surface area contributed by atoms with E-state index in [1.165, 1.54) is 46.2 Å². The predicted molar refractivity (Wildman–Crippen MR) is 167 cm³/mol. The van der Waals surface area contributed by atoms with Crippen LogP contribution in [0, 0.1) is 0 Å². The third kappa shape index (κ3) is 8.17. The molecule has 0 spiro atoms. The second kappa shape index (κ2) is 13.3. The highest BCUT2D eigenvalue weighted by Gasteiger charge is 2.27. The number of thiazole rings is 1. The van der Waals surface area contributed by atoms with Crippen LogP contribution in [0.4, 0.5) is 15.7 Å². The minimum atomic E-state index is -0.876. The van der Waals surface area contributed by atoms with E-state index < -0.39 is 17.8 Å². The molecule has 13 nitrogen and oxygen atoms in total. The van der Waals surface area contributed by atoms with E-state index in [4.69, 9.17) is 15.5 Å². The monoisotopic (exact) mass is 610 g/mol. The van der Waals surface area contributed by atoms with E-state index in [1.54, 1.807) is 0 Å². The first kappa shape index (κ1) is 31.6. The van der Waals surface area contributed by atoms with Gasteiger partial charge in [-0.3, -0.25) is 24.1 Å². The fraction of sp³-hybridized carbons (Fsp3) is 0.448. The molecule has 4 rings (SSSR count). The lowest BCUT2D eigenvalue weighted by Crippen LogP contribution is -2.43. The van der Waals surface area contributed by atoms with Gasteiger partial charge in [-0.05, 0) is 45.1 Å². The van der Waals surface area contributed by atoms with Crippen molar-refractivity contribution in [1.82, 2.24) is 24.6 Å². The van der Waals surface area contributed by atoms with Crippen molar-refractivity contribution in [2.75, 3.05) is 50.5 Å². The summed E-state index contributed by atoms with van der Waals surface area (Å²) in [5, 5.41) is 7.99. The second-order valence-electron chi connectivity index (χ2n) is 11.6. The zero-order chi connectivity index (χ0) is 31.3. The standard InChI is InChI=1S/C29H38N8O5S/c1-29(2,3)21-17-43-28(32-21)34-25(39)18-10-13-37-22(15-18)33-24(36-12-6-7-19(16-36)42-27(30)41)20(26(37)40)8-9-23(38)31-11-14-35(4)5/h8-10,13,15,17,19H,6-7,11-12,14,16H2,1-5H3,(H2,30,41)(H,31,38)(H,32,34,39)/b9-8+/t19-/m1/s1. The molecule has 14 heteroatoms. The first-order chi connectivity index (χ1) is 20.3. The van der Waals surface area contributed by atoms with Gasteiger partial charge in [-0.25, -0.2) is 14.8 Å². The van der Waals surface area contributed by atoms with Gasteiger partial charge < -0.3 is 25.6 Å². The zero-order valence-electron chi connectivity index (χ0n) is 25.0. The van der Waals surface area contributed by atoms with Crippen molar-refractivity contribution in [3.05, 3.63) is 57.0 Å². The van der Waals surface area contributed by atoms with Gasteiger partial charge in [-0.1, -0.05) is 20.8 Å². The molecular weight excluding hydrogens is 572 g/mol. The quantitative estimate of drug-likeness (QED) is 0.309. The summed E-state index contributed by atoms with van der Waals surface area (Å²) < 4.78 is 6.56. The van der Waals surface area contributed by atoms with Crippen molar-refractivity contribution < 1.29 is 19.1 Å². The summed E-state index contributed by atoms with van der Waals surface area (Å²) in [4.78, 5) is 63.8. The number of likely N-dealkylation sites (N-methyl/N-ethyl adjacent to an activating group) is 1. The number of nitrogens with two attached hydrogens (primary N) is 1. The van der Waals surface area contributed by atoms with E-state index >= 15 is 0 Å². The molecular formula is C29H38N8O5S. The van der Waals surface area contributed by atoms with Crippen LogP contribution in [0.15, 0.2) is 34.6 Å². The van der Waals surface area contributed by atoms with Crippen LogP contribution in [0.25, 0.3) is 11.7 Å². The number of hydrogen-bond acceptors (Lipinski definition) is 10. The average Bonchev–Trinajstić information content (AvgIpc) is 3.41. The van der Waals surface area contributed by atoms with Crippen LogP contribution < -0.4 is 26.8 Å². The van der Waals surface area contributed by atoms with Crippen molar-refractivity contribution in [2.24, 2.45) is 5.73 Å². The van der Waals surface area contributed by atoms with Gasteiger partial charge in [0.15, 0.2) is 5.13 Å². The van der Waals surface area contributed by atoms with Gasteiger partial charge in [0.1, 0.15) is 17.6 Å². The van der Waals surface area contributed by atoms with Crippen molar-refractivity contribution >= 4 is 51.9 Å². The van der Waals surface area contributed by atoms with Gasteiger partial charge in [0.2, 0.25) is 5.91 Å². The maximum Gasteiger partial charge on any atom is 0.404 e. The molecule has 0 saturated carbocycles.